The number of rotatable bonds is 9. The number of hydrogen-bond donors (Lipinski definition) is 2. The molecule has 0 radical (unpaired) electrons. The van der Waals surface area contributed by atoms with Crippen molar-refractivity contribution in [2.45, 2.75) is 26.4 Å². The first-order valence-electron chi connectivity index (χ1n) is 9.15. The second-order valence-electron chi connectivity index (χ2n) is 6.28. The number of nitrogens with one attached hydrogen (secondary N) is 2. The summed E-state index contributed by atoms with van der Waals surface area (Å²) in [5.74, 6) is -1.03. The second kappa shape index (κ2) is 10.4. The highest BCUT2D eigenvalue weighted by molar-refractivity contribution is 7.95. The minimum absolute atomic E-state index is 0.211. The molecule has 0 saturated carbocycles. The van der Waals surface area contributed by atoms with Crippen molar-refractivity contribution in [3.8, 4) is 0 Å². The van der Waals surface area contributed by atoms with Crippen LogP contribution >= 0.6 is 0 Å². The normalized spacial score (nSPS) is 12.3. The van der Waals surface area contributed by atoms with Gasteiger partial charge in [0.1, 0.15) is 0 Å². The predicted molar refractivity (Wildman–Crippen MR) is 113 cm³/mol. The molecule has 7 nitrogen and oxygen atoms in total. The number of esters is 1. The van der Waals surface area contributed by atoms with E-state index < -0.39 is 22.1 Å². The van der Waals surface area contributed by atoms with Crippen molar-refractivity contribution in [1.29, 1.82) is 0 Å². The lowest BCUT2D eigenvalue weighted by Crippen LogP contribution is -2.36. The molecule has 154 valence electrons. The quantitative estimate of drug-likeness (QED) is 0.612. The van der Waals surface area contributed by atoms with Gasteiger partial charge in [0.25, 0.3) is 15.9 Å². The Bertz CT molecular complexity index is 954. The van der Waals surface area contributed by atoms with Crippen LogP contribution in [-0.4, -0.2) is 32.9 Å². The Morgan fingerprint density at radius 2 is 1.72 bits per heavy atom. The topological polar surface area (TPSA) is 102 Å². The zero-order valence-corrected chi connectivity index (χ0v) is 17.1. The summed E-state index contributed by atoms with van der Waals surface area (Å²) in [5, 5.41) is 3.72. The molecule has 1 atom stereocenters. The van der Waals surface area contributed by atoms with Crippen LogP contribution in [0.1, 0.15) is 36.2 Å². The van der Waals surface area contributed by atoms with Crippen LogP contribution in [0.3, 0.4) is 0 Å². The minimum Gasteiger partial charge on any atom is -0.449 e. The molecule has 2 N–H and O–H groups in total. The first kappa shape index (κ1) is 22.2. The van der Waals surface area contributed by atoms with Gasteiger partial charge in [-0.25, -0.2) is 13.2 Å². The van der Waals surface area contributed by atoms with Gasteiger partial charge < -0.3 is 10.1 Å². The van der Waals surface area contributed by atoms with Crippen LogP contribution in [0.5, 0.6) is 0 Å². The molecule has 0 aliphatic rings. The van der Waals surface area contributed by atoms with Gasteiger partial charge in [-0.15, -0.1) is 0 Å². The SMILES string of the molecule is CCCNC(=O)[C@@H](C)OC(=O)c1ccc(NS(=O)(=O)/C=C/c2ccccc2)cc1. The van der Waals surface area contributed by atoms with Crippen molar-refractivity contribution in [2.24, 2.45) is 0 Å². The van der Waals surface area contributed by atoms with E-state index in [9.17, 15) is 18.0 Å². The lowest BCUT2D eigenvalue weighted by Gasteiger charge is -2.13. The van der Waals surface area contributed by atoms with E-state index in [0.717, 1.165) is 17.4 Å². The second-order valence-corrected chi connectivity index (χ2v) is 7.84. The lowest BCUT2D eigenvalue weighted by atomic mass is 10.2. The summed E-state index contributed by atoms with van der Waals surface area (Å²) < 4.78 is 31.9. The third kappa shape index (κ3) is 7.42. The molecule has 2 aromatic rings. The Hall–Kier alpha value is -3.13. The molecule has 2 rings (SSSR count). The van der Waals surface area contributed by atoms with Crippen LogP contribution in [0.25, 0.3) is 6.08 Å². The molecule has 0 spiro atoms. The maximum Gasteiger partial charge on any atom is 0.338 e. The van der Waals surface area contributed by atoms with Crippen LogP contribution < -0.4 is 10.0 Å². The molecular formula is C21H24N2O5S. The van der Waals surface area contributed by atoms with Crippen molar-refractivity contribution in [1.82, 2.24) is 5.32 Å². The highest BCUT2D eigenvalue weighted by Gasteiger charge is 2.18. The number of carbonyl (C=O) groups is 2. The molecule has 0 aromatic heterocycles. The van der Waals surface area contributed by atoms with E-state index in [4.69, 9.17) is 4.74 Å². The van der Waals surface area contributed by atoms with Crippen LogP contribution in [-0.2, 0) is 19.6 Å². The Kier molecular flexibility index (Phi) is 7.97. The standard InChI is InChI=1S/C21H24N2O5S/c1-3-14-22-20(24)16(2)28-21(25)18-9-11-19(12-10-18)23-29(26,27)15-13-17-7-5-4-6-8-17/h4-13,15-16,23H,3,14H2,1-2H3,(H,22,24)/b15-13+/t16-/m1/s1. The number of benzene rings is 2. The zero-order chi connectivity index (χ0) is 21.3. The summed E-state index contributed by atoms with van der Waals surface area (Å²) in [7, 11) is -3.70. The Morgan fingerprint density at radius 1 is 1.07 bits per heavy atom. The monoisotopic (exact) mass is 416 g/mol. The maximum atomic E-state index is 12.2. The van der Waals surface area contributed by atoms with E-state index in [1.165, 1.54) is 37.3 Å². The fourth-order valence-electron chi connectivity index (χ4n) is 2.28. The van der Waals surface area contributed by atoms with Crippen molar-refractivity contribution in [2.75, 3.05) is 11.3 Å². The third-order valence-corrected chi connectivity index (χ3v) is 4.84. The van der Waals surface area contributed by atoms with E-state index in [1.54, 1.807) is 12.1 Å². The van der Waals surface area contributed by atoms with E-state index in [1.807, 2.05) is 25.1 Å². The van der Waals surface area contributed by atoms with Gasteiger partial charge in [0.05, 0.1) is 11.0 Å². The highest BCUT2D eigenvalue weighted by Crippen LogP contribution is 2.14. The van der Waals surface area contributed by atoms with Gasteiger partial charge in [-0.3, -0.25) is 9.52 Å². The number of amides is 1. The molecule has 0 heterocycles. The number of hydrogen-bond acceptors (Lipinski definition) is 5. The summed E-state index contributed by atoms with van der Waals surface area (Å²) in [6.07, 6.45) is 1.35. The van der Waals surface area contributed by atoms with Gasteiger partial charge in [0.15, 0.2) is 6.10 Å². The van der Waals surface area contributed by atoms with E-state index in [0.29, 0.717) is 12.2 Å². The fraction of sp³-hybridized carbons (Fsp3) is 0.238. The van der Waals surface area contributed by atoms with Crippen molar-refractivity contribution in [3.05, 3.63) is 71.1 Å². The van der Waals surface area contributed by atoms with Crippen molar-refractivity contribution < 1.29 is 22.7 Å². The largest absolute Gasteiger partial charge is 0.449 e. The molecule has 0 aliphatic heterocycles. The van der Waals surface area contributed by atoms with E-state index in [2.05, 4.69) is 10.0 Å². The first-order chi connectivity index (χ1) is 13.8. The molecule has 0 saturated heterocycles. The summed E-state index contributed by atoms with van der Waals surface area (Å²) in [4.78, 5) is 23.9. The van der Waals surface area contributed by atoms with Crippen LogP contribution in [0.2, 0.25) is 0 Å². The average molecular weight is 416 g/mol. The summed E-state index contributed by atoms with van der Waals surface area (Å²) >= 11 is 0. The smallest absolute Gasteiger partial charge is 0.338 e. The highest BCUT2D eigenvalue weighted by atomic mass is 32.2. The summed E-state index contributed by atoms with van der Waals surface area (Å²) in [6.45, 7) is 3.92. The molecule has 8 heteroatoms. The van der Waals surface area contributed by atoms with Gasteiger partial charge in [0.2, 0.25) is 0 Å². The Labute approximate surface area is 170 Å². The van der Waals surface area contributed by atoms with Crippen LogP contribution in [0, 0.1) is 0 Å². The number of carbonyl (C=O) groups excluding carboxylic acids is 2. The summed E-state index contributed by atoms with van der Waals surface area (Å²) in [6, 6.07) is 14.8. The molecule has 0 fully saturated rings. The van der Waals surface area contributed by atoms with E-state index >= 15 is 0 Å². The number of ether oxygens (including phenoxy) is 1. The van der Waals surface area contributed by atoms with Crippen LogP contribution in [0.4, 0.5) is 5.69 Å². The van der Waals surface area contributed by atoms with Gasteiger partial charge in [-0.05, 0) is 49.2 Å². The van der Waals surface area contributed by atoms with Gasteiger partial charge >= 0.3 is 5.97 Å². The molecular weight excluding hydrogens is 392 g/mol. The number of sulfonamides is 1. The molecule has 0 unspecified atom stereocenters. The van der Waals surface area contributed by atoms with Crippen molar-refractivity contribution >= 4 is 33.7 Å². The number of anilines is 1. The summed E-state index contributed by atoms with van der Waals surface area (Å²) in [5.41, 5.74) is 1.27. The van der Waals surface area contributed by atoms with Crippen molar-refractivity contribution in [3.63, 3.8) is 0 Å². The maximum absolute atomic E-state index is 12.2. The molecule has 0 aliphatic carbocycles. The van der Waals surface area contributed by atoms with Gasteiger partial charge in [-0.2, -0.15) is 0 Å². The molecule has 29 heavy (non-hydrogen) atoms. The average Bonchev–Trinajstić information content (AvgIpc) is 2.71. The Balaban J connectivity index is 1.96. The lowest BCUT2D eigenvalue weighted by molar-refractivity contribution is -0.129. The van der Waals surface area contributed by atoms with Gasteiger partial charge in [-0.1, -0.05) is 37.3 Å². The first-order valence-corrected chi connectivity index (χ1v) is 10.7. The van der Waals surface area contributed by atoms with Crippen LogP contribution in [0.15, 0.2) is 60.0 Å². The zero-order valence-electron chi connectivity index (χ0n) is 16.3. The van der Waals surface area contributed by atoms with E-state index in [-0.39, 0.29) is 11.5 Å². The molecule has 2 aromatic carbocycles. The molecule has 0 bridgehead atoms. The predicted octanol–water partition coefficient (Wildman–Crippen LogP) is 3.17. The Morgan fingerprint density at radius 3 is 2.34 bits per heavy atom. The van der Waals surface area contributed by atoms with Gasteiger partial charge in [0, 0.05) is 12.2 Å². The third-order valence-electron chi connectivity index (χ3n) is 3.82. The fourth-order valence-corrected chi connectivity index (χ4v) is 3.15. The minimum atomic E-state index is -3.70. The molecule has 1 amide bonds.